The number of benzene rings is 2. The molecule has 0 atom stereocenters. The van der Waals surface area contributed by atoms with Crippen molar-refractivity contribution in [2.24, 2.45) is 0 Å². The number of piperidine rings is 1. The summed E-state index contributed by atoms with van der Waals surface area (Å²) >= 11 is 0. The molecule has 2 amide bonds. The van der Waals surface area contributed by atoms with E-state index >= 15 is 0 Å². The minimum Gasteiger partial charge on any atom is -0.388 e. The zero-order chi connectivity index (χ0) is 23.9. The van der Waals surface area contributed by atoms with Gasteiger partial charge in [0.1, 0.15) is 17.3 Å². The van der Waals surface area contributed by atoms with Crippen LogP contribution in [0.15, 0.2) is 24.3 Å². The number of nitrogens with one attached hydrogen (secondary N) is 1. The Kier molecular flexibility index (Phi) is 6.04. The third-order valence-corrected chi connectivity index (χ3v) is 6.22. The van der Waals surface area contributed by atoms with Crippen molar-refractivity contribution in [2.45, 2.75) is 38.2 Å². The van der Waals surface area contributed by atoms with E-state index in [1.165, 1.54) is 22.8 Å². The number of hydrogen-bond donors (Lipinski definition) is 2. The molecule has 2 N–H and O–H groups in total. The highest BCUT2D eigenvalue weighted by atomic mass is 19.1. The Morgan fingerprint density at radius 2 is 1.73 bits per heavy atom. The lowest BCUT2D eigenvalue weighted by Gasteiger charge is -2.42. The van der Waals surface area contributed by atoms with Crippen LogP contribution in [0.1, 0.15) is 31.7 Å². The Hall–Kier alpha value is -3.14. The Morgan fingerprint density at radius 1 is 1.09 bits per heavy atom. The van der Waals surface area contributed by atoms with Crippen molar-refractivity contribution in [1.82, 2.24) is 0 Å². The number of anilines is 3. The van der Waals surface area contributed by atoms with Gasteiger partial charge in [0.2, 0.25) is 11.8 Å². The van der Waals surface area contributed by atoms with Gasteiger partial charge in [-0.15, -0.1) is 0 Å². The van der Waals surface area contributed by atoms with Gasteiger partial charge in [-0.05, 0) is 31.4 Å². The maximum absolute atomic E-state index is 14.3. The molecule has 2 heterocycles. The molecule has 4 rings (SSSR count). The van der Waals surface area contributed by atoms with Crippen molar-refractivity contribution in [3.05, 3.63) is 53.1 Å². The second kappa shape index (κ2) is 8.66. The third kappa shape index (κ3) is 4.52. The predicted octanol–water partition coefficient (Wildman–Crippen LogP) is 3.51. The van der Waals surface area contributed by atoms with E-state index in [9.17, 15) is 32.3 Å². The highest BCUT2D eigenvalue weighted by Gasteiger charge is 2.37. The summed E-state index contributed by atoms with van der Waals surface area (Å²) in [6.45, 7) is 1.37. The van der Waals surface area contributed by atoms with E-state index in [0.717, 1.165) is 6.07 Å². The number of nitrogens with zero attached hydrogens (tertiary/aromatic N) is 2. The maximum Gasteiger partial charge on any atom is 0.224 e. The monoisotopic (exact) mass is 465 g/mol. The van der Waals surface area contributed by atoms with Gasteiger partial charge in [0.15, 0.2) is 11.6 Å². The summed E-state index contributed by atoms with van der Waals surface area (Å²) in [6, 6.07) is 3.80. The van der Waals surface area contributed by atoms with Crippen molar-refractivity contribution >= 4 is 28.9 Å². The van der Waals surface area contributed by atoms with Crippen LogP contribution in [-0.2, 0) is 16.0 Å². The van der Waals surface area contributed by atoms with Crippen LogP contribution in [0.5, 0.6) is 0 Å². The Bertz CT molecular complexity index is 1090. The van der Waals surface area contributed by atoms with Crippen molar-refractivity contribution in [3.8, 4) is 0 Å². The lowest BCUT2D eigenvalue weighted by Crippen LogP contribution is -2.52. The van der Waals surface area contributed by atoms with Crippen molar-refractivity contribution in [1.29, 1.82) is 0 Å². The minimum absolute atomic E-state index is 0.0269. The van der Waals surface area contributed by atoms with Gasteiger partial charge in [0, 0.05) is 49.8 Å². The number of rotatable bonds is 4. The second-order valence-corrected chi connectivity index (χ2v) is 8.50. The molecule has 0 saturated carbocycles. The van der Waals surface area contributed by atoms with Crippen molar-refractivity contribution in [2.75, 3.05) is 34.8 Å². The van der Waals surface area contributed by atoms with Crippen molar-refractivity contribution in [3.63, 3.8) is 0 Å². The first-order valence-electron chi connectivity index (χ1n) is 10.6. The molecular weight excluding hydrogens is 442 g/mol. The number of aliphatic hydroxyl groups is 1. The fourth-order valence-electron chi connectivity index (χ4n) is 4.49. The summed E-state index contributed by atoms with van der Waals surface area (Å²) in [5.41, 5.74) is -0.829. The first kappa shape index (κ1) is 23.0. The normalized spacial score (nSPS) is 17.4. The average molecular weight is 465 g/mol. The number of carbonyl (C=O) groups is 2. The Labute approximate surface area is 187 Å². The standard InChI is InChI=1S/C23H23F4N3O3/c1-13(31)30(19-4-3-16(25)21-15(19)2-5-20(32)28-21)12-23(33)6-8-29(9-7-23)22-17(26)10-14(24)11-18(22)27/h3-4,10-11,33H,2,5-9,12H2,1H3,(H,28,32). The number of halogens is 4. The van der Waals surface area contributed by atoms with Gasteiger partial charge in [-0.3, -0.25) is 9.59 Å². The van der Waals surface area contributed by atoms with Crippen LogP contribution in [0.25, 0.3) is 0 Å². The maximum atomic E-state index is 14.3. The van der Waals surface area contributed by atoms with E-state index in [0.29, 0.717) is 23.4 Å². The molecule has 0 radical (unpaired) electrons. The Morgan fingerprint density at radius 3 is 2.33 bits per heavy atom. The SMILES string of the molecule is CC(=O)N(CC1(O)CCN(c2c(F)cc(F)cc2F)CC1)c1ccc(F)c2c1CCC(=O)N2. The largest absolute Gasteiger partial charge is 0.388 e. The van der Waals surface area contributed by atoms with Crippen LogP contribution in [-0.4, -0.2) is 42.2 Å². The molecule has 0 spiro atoms. The molecule has 33 heavy (non-hydrogen) atoms. The number of amides is 2. The van der Waals surface area contributed by atoms with Gasteiger partial charge < -0.3 is 20.2 Å². The Balaban J connectivity index is 1.55. The molecule has 1 fully saturated rings. The molecule has 2 aliphatic heterocycles. The highest BCUT2D eigenvalue weighted by Crippen LogP contribution is 2.37. The average Bonchev–Trinajstić information content (AvgIpc) is 2.74. The van der Waals surface area contributed by atoms with Gasteiger partial charge >= 0.3 is 0 Å². The molecule has 0 aliphatic carbocycles. The first-order chi connectivity index (χ1) is 15.6. The fraction of sp³-hybridized carbons (Fsp3) is 0.391. The van der Waals surface area contributed by atoms with Gasteiger partial charge in [0.05, 0.1) is 17.8 Å². The number of fused-ring (bicyclic) bond motifs is 1. The molecule has 176 valence electrons. The van der Waals surface area contributed by atoms with Gasteiger partial charge in [-0.2, -0.15) is 0 Å². The topological polar surface area (TPSA) is 72.9 Å². The molecule has 2 aromatic rings. The smallest absolute Gasteiger partial charge is 0.224 e. The summed E-state index contributed by atoms with van der Waals surface area (Å²) in [7, 11) is 0. The van der Waals surface area contributed by atoms with E-state index in [4.69, 9.17) is 0 Å². The van der Waals surface area contributed by atoms with Gasteiger partial charge in [0.25, 0.3) is 0 Å². The highest BCUT2D eigenvalue weighted by molar-refractivity contribution is 5.99. The van der Waals surface area contributed by atoms with E-state index in [2.05, 4.69) is 5.32 Å². The van der Waals surface area contributed by atoms with E-state index in [-0.39, 0.29) is 68.5 Å². The molecule has 0 unspecified atom stereocenters. The summed E-state index contributed by atoms with van der Waals surface area (Å²) in [5.74, 6) is -4.38. The summed E-state index contributed by atoms with van der Waals surface area (Å²) in [4.78, 5) is 26.9. The number of carbonyl (C=O) groups excluding carboxylic acids is 2. The van der Waals surface area contributed by atoms with Crippen LogP contribution < -0.4 is 15.1 Å². The second-order valence-electron chi connectivity index (χ2n) is 8.50. The van der Waals surface area contributed by atoms with Crippen LogP contribution in [0, 0.1) is 23.3 Å². The minimum atomic E-state index is -1.37. The van der Waals surface area contributed by atoms with Gasteiger partial charge in [-0.25, -0.2) is 17.6 Å². The zero-order valence-corrected chi connectivity index (χ0v) is 17.9. The van der Waals surface area contributed by atoms with E-state index < -0.39 is 28.9 Å². The first-order valence-corrected chi connectivity index (χ1v) is 10.6. The molecule has 2 aliphatic rings. The molecule has 10 heteroatoms. The van der Waals surface area contributed by atoms with Crippen LogP contribution >= 0.6 is 0 Å². The summed E-state index contributed by atoms with van der Waals surface area (Å²) in [5, 5.41) is 13.7. The van der Waals surface area contributed by atoms with Gasteiger partial charge in [-0.1, -0.05) is 0 Å². The predicted molar refractivity (Wildman–Crippen MR) is 114 cm³/mol. The lowest BCUT2D eigenvalue weighted by molar-refractivity contribution is -0.117. The van der Waals surface area contributed by atoms with Crippen LogP contribution in [0.3, 0.4) is 0 Å². The zero-order valence-electron chi connectivity index (χ0n) is 17.9. The van der Waals surface area contributed by atoms with Crippen LogP contribution in [0.4, 0.5) is 34.6 Å². The summed E-state index contributed by atoms with van der Waals surface area (Å²) in [6.07, 6.45) is 0.566. The molecule has 2 aromatic carbocycles. The fourth-order valence-corrected chi connectivity index (χ4v) is 4.49. The van der Waals surface area contributed by atoms with E-state index in [1.54, 1.807) is 0 Å². The van der Waals surface area contributed by atoms with Crippen LogP contribution in [0.2, 0.25) is 0 Å². The molecule has 0 bridgehead atoms. The molecule has 0 aromatic heterocycles. The molecule has 6 nitrogen and oxygen atoms in total. The van der Waals surface area contributed by atoms with Crippen molar-refractivity contribution < 1.29 is 32.3 Å². The molecular formula is C23H23F4N3O3. The lowest BCUT2D eigenvalue weighted by atomic mass is 9.89. The number of hydrogen-bond acceptors (Lipinski definition) is 4. The van der Waals surface area contributed by atoms with E-state index in [1.807, 2.05) is 0 Å². The summed E-state index contributed by atoms with van der Waals surface area (Å²) < 4.78 is 55.8. The molecule has 1 saturated heterocycles. The quantitative estimate of drug-likeness (QED) is 0.678. The third-order valence-electron chi connectivity index (χ3n) is 6.22.